The van der Waals surface area contributed by atoms with Crippen LogP contribution >= 0.6 is 0 Å². The van der Waals surface area contributed by atoms with Crippen LogP contribution in [0.4, 0.5) is 0 Å². The number of nitrogens with one attached hydrogen (secondary N) is 2. The summed E-state index contributed by atoms with van der Waals surface area (Å²) in [7, 11) is 0. The zero-order valence-corrected chi connectivity index (χ0v) is 15.8. The molecule has 7 nitrogen and oxygen atoms in total. The Morgan fingerprint density at radius 3 is 2.86 bits per heavy atom. The molecule has 28 heavy (non-hydrogen) atoms. The molecule has 0 bridgehead atoms. The van der Waals surface area contributed by atoms with Crippen LogP contribution in [0.1, 0.15) is 58.9 Å². The number of carbonyl (C=O) groups excluding carboxylic acids is 1. The van der Waals surface area contributed by atoms with Crippen molar-refractivity contribution in [3.8, 4) is 11.8 Å². The molecule has 2 aromatic rings. The van der Waals surface area contributed by atoms with E-state index in [0.29, 0.717) is 11.3 Å². The topological polar surface area (TPSA) is 121 Å². The molecule has 0 saturated heterocycles. The zero-order chi connectivity index (χ0) is 20.3. The molecule has 0 fully saturated rings. The second-order valence-corrected chi connectivity index (χ2v) is 6.87. The van der Waals surface area contributed by atoms with Gasteiger partial charge in [0.15, 0.2) is 5.84 Å². The minimum Gasteiger partial charge on any atom is -0.490 e. The van der Waals surface area contributed by atoms with Crippen molar-refractivity contribution in [2.75, 3.05) is 0 Å². The minimum absolute atomic E-state index is 0.0143. The molecule has 2 aromatic carbocycles. The van der Waals surface area contributed by atoms with Gasteiger partial charge in [0.05, 0.1) is 17.2 Å². The lowest BCUT2D eigenvalue weighted by Gasteiger charge is -2.13. The molecular formula is C21H22N4O3. The van der Waals surface area contributed by atoms with Gasteiger partial charge in [-0.05, 0) is 56.0 Å². The first-order valence-corrected chi connectivity index (χ1v) is 9.05. The number of fused-ring (bicyclic) bond motifs is 1. The Morgan fingerprint density at radius 2 is 2.14 bits per heavy atom. The smallest absolute Gasteiger partial charge is 0.362 e. The van der Waals surface area contributed by atoms with E-state index in [4.69, 9.17) is 20.7 Å². The van der Waals surface area contributed by atoms with Crippen LogP contribution in [0.5, 0.6) is 5.75 Å². The van der Waals surface area contributed by atoms with Gasteiger partial charge in [-0.2, -0.15) is 10.7 Å². The summed E-state index contributed by atoms with van der Waals surface area (Å²) in [6, 6.07) is 12.1. The standard InChI is InChI=1S/C21H22N4O3/c1-12(2)27-19-9-6-13(10-14(19)11-22)21(26)28-25-20(24)17-5-3-4-16-15(17)7-8-18(16)23/h3-6,9-10,12,18H,7-8,23H2,1-2H3,(H2,24,25). The number of amidine groups is 1. The second-order valence-electron chi connectivity index (χ2n) is 6.87. The fourth-order valence-electron chi connectivity index (χ4n) is 3.23. The molecule has 3 rings (SSSR count). The number of benzene rings is 2. The summed E-state index contributed by atoms with van der Waals surface area (Å²) >= 11 is 0. The maximum atomic E-state index is 12.3. The highest BCUT2D eigenvalue weighted by molar-refractivity contribution is 5.99. The lowest BCUT2D eigenvalue weighted by molar-refractivity contribution is 0.0386. The van der Waals surface area contributed by atoms with Gasteiger partial charge in [-0.15, -0.1) is 0 Å². The number of hydrogen-bond acceptors (Lipinski definition) is 6. The van der Waals surface area contributed by atoms with Crippen molar-refractivity contribution < 1.29 is 14.4 Å². The van der Waals surface area contributed by atoms with E-state index < -0.39 is 5.97 Å². The molecule has 144 valence electrons. The van der Waals surface area contributed by atoms with Crippen molar-refractivity contribution >= 4 is 11.8 Å². The van der Waals surface area contributed by atoms with Gasteiger partial charge in [-0.25, -0.2) is 4.79 Å². The molecule has 1 unspecified atom stereocenters. The third-order valence-corrected chi connectivity index (χ3v) is 4.53. The van der Waals surface area contributed by atoms with Gasteiger partial charge >= 0.3 is 5.97 Å². The molecule has 4 N–H and O–H groups in total. The highest BCUT2D eigenvalue weighted by Gasteiger charge is 2.23. The summed E-state index contributed by atoms with van der Waals surface area (Å²) in [5, 5.41) is 17.5. The molecule has 0 radical (unpaired) electrons. The molecule has 0 saturated carbocycles. The predicted octanol–water partition coefficient (Wildman–Crippen LogP) is 2.98. The average molecular weight is 378 g/mol. The molecule has 1 aliphatic rings. The second kappa shape index (κ2) is 8.11. The third-order valence-electron chi connectivity index (χ3n) is 4.53. The number of hydrogen-bond donors (Lipinski definition) is 3. The van der Waals surface area contributed by atoms with Crippen molar-refractivity contribution in [2.45, 2.75) is 38.8 Å². The van der Waals surface area contributed by atoms with Crippen molar-refractivity contribution in [1.82, 2.24) is 5.48 Å². The maximum absolute atomic E-state index is 12.3. The molecule has 1 atom stereocenters. The third kappa shape index (κ3) is 3.97. The maximum Gasteiger partial charge on any atom is 0.362 e. The summed E-state index contributed by atoms with van der Waals surface area (Å²) in [6.07, 6.45) is 1.53. The molecule has 0 aromatic heterocycles. The van der Waals surface area contributed by atoms with E-state index in [2.05, 4.69) is 5.48 Å². The van der Waals surface area contributed by atoms with Gasteiger partial charge in [0.1, 0.15) is 11.8 Å². The fourth-order valence-corrected chi connectivity index (χ4v) is 3.23. The van der Waals surface area contributed by atoms with Crippen LogP contribution in [0.25, 0.3) is 0 Å². The van der Waals surface area contributed by atoms with E-state index in [1.54, 1.807) is 12.1 Å². The first-order valence-electron chi connectivity index (χ1n) is 9.05. The summed E-state index contributed by atoms with van der Waals surface area (Å²) in [6.45, 7) is 3.71. The highest BCUT2D eigenvalue weighted by Crippen LogP contribution is 2.31. The van der Waals surface area contributed by atoms with E-state index in [0.717, 1.165) is 24.0 Å². The lowest BCUT2D eigenvalue weighted by atomic mass is 10.0. The largest absolute Gasteiger partial charge is 0.490 e. The van der Waals surface area contributed by atoms with E-state index in [1.807, 2.05) is 32.0 Å². The normalized spacial score (nSPS) is 14.9. The van der Waals surface area contributed by atoms with Crippen LogP contribution in [-0.4, -0.2) is 17.9 Å². The molecule has 0 spiro atoms. The summed E-state index contributed by atoms with van der Waals surface area (Å²) in [5.74, 6) is -0.299. The molecule has 0 aliphatic heterocycles. The van der Waals surface area contributed by atoms with E-state index >= 15 is 0 Å². The monoisotopic (exact) mass is 378 g/mol. The summed E-state index contributed by atoms with van der Waals surface area (Å²) in [4.78, 5) is 17.4. The average Bonchev–Trinajstić information content (AvgIpc) is 3.07. The zero-order valence-electron chi connectivity index (χ0n) is 15.8. The Bertz CT molecular complexity index is 963. The van der Waals surface area contributed by atoms with E-state index in [9.17, 15) is 10.1 Å². The number of carbonyl (C=O) groups is 1. The lowest BCUT2D eigenvalue weighted by Crippen LogP contribution is -2.28. The van der Waals surface area contributed by atoms with Crippen LogP contribution in [-0.2, 0) is 11.3 Å². The molecule has 0 heterocycles. The van der Waals surface area contributed by atoms with Crippen molar-refractivity contribution in [3.63, 3.8) is 0 Å². The highest BCUT2D eigenvalue weighted by atomic mass is 16.7. The van der Waals surface area contributed by atoms with Crippen molar-refractivity contribution in [1.29, 1.82) is 10.7 Å². The van der Waals surface area contributed by atoms with Gasteiger partial charge in [0.25, 0.3) is 0 Å². The van der Waals surface area contributed by atoms with Crippen LogP contribution in [0.15, 0.2) is 36.4 Å². The quantitative estimate of drug-likeness (QED) is 0.427. The Labute approximate surface area is 163 Å². The van der Waals surface area contributed by atoms with Gasteiger partial charge in [-0.1, -0.05) is 18.2 Å². The number of hydroxylamine groups is 1. The number of rotatable bonds is 4. The van der Waals surface area contributed by atoms with E-state index in [1.165, 1.54) is 12.1 Å². The number of ether oxygens (including phenoxy) is 1. The number of nitrogens with two attached hydrogens (primary N) is 1. The number of nitrogens with zero attached hydrogens (tertiary/aromatic N) is 1. The Hall–Kier alpha value is -3.37. The van der Waals surface area contributed by atoms with Gasteiger partial charge in [0.2, 0.25) is 0 Å². The Morgan fingerprint density at radius 1 is 1.36 bits per heavy atom. The van der Waals surface area contributed by atoms with Gasteiger partial charge < -0.3 is 15.3 Å². The molecule has 1 aliphatic carbocycles. The minimum atomic E-state index is -0.693. The van der Waals surface area contributed by atoms with Gasteiger partial charge in [-0.3, -0.25) is 5.41 Å². The first kappa shape index (κ1) is 19.4. The number of nitriles is 1. The van der Waals surface area contributed by atoms with Crippen LogP contribution in [0.3, 0.4) is 0 Å². The van der Waals surface area contributed by atoms with E-state index in [-0.39, 0.29) is 29.1 Å². The molecule has 7 heteroatoms. The Kier molecular flexibility index (Phi) is 5.62. The summed E-state index contributed by atoms with van der Waals surface area (Å²) < 4.78 is 5.54. The fraction of sp³-hybridized carbons (Fsp3) is 0.286. The van der Waals surface area contributed by atoms with Crippen LogP contribution in [0.2, 0.25) is 0 Å². The SMILES string of the molecule is CC(C)Oc1ccc(C(=O)ONC(=N)c2cccc3c2CCC3N)cc1C#N. The van der Waals surface area contributed by atoms with Crippen molar-refractivity contribution in [2.24, 2.45) is 5.73 Å². The molecule has 0 amide bonds. The van der Waals surface area contributed by atoms with Gasteiger partial charge in [0, 0.05) is 11.6 Å². The predicted molar refractivity (Wildman–Crippen MR) is 104 cm³/mol. The first-order chi connectivity index (χ1) is 13.4. The summed E-state index contributed by atoms with van der Waals surface area (Å²) in [5.41, 5.74) is 11.6. The van der Waals surface area contributed by atoms with Crippen LogP contribution in [0, 0.1) is 16.7 Å². The molecular weight excluding hydrogens is 356 g/mol. The Balaban J connectivity index is 1.70. The van der Waals surface area contributed by atoms with Crippen LogP contribution < -0.4 is 16.0 Å². The van der Waals surface area contributed by atoms with Crippen molar-refractivity contribution in [3.05, 3.63) is 64.2 Å².